The molecule has 1 heterocycles. The second kappa shape index (κ2) is 11.5. The number of hydrogen-bond donors (Lipinski definition) is 1. The number of rotatable bonds is 9. The van der Waals surface area contributed by atoms with E-state index in [1.54, 1.807) is 36.4 Å². The molecule has 4 rings (SSSR count). The maximum absolute atomic E-state index is 14.1. The first kappa shape index (κ1) is 27.6. The summed E-state index contributed by atoms with van der Waals surface area (Å²) in [6.07, 6.45) is 0. The maximum atomic E-state index is 14.1. The van der Waals surface area contributed by atoms with Crippen LogP contribution >= 0.6 is 0 Å². The van der Waals surface area contributed by atoms with Gasteiger partial charge >= 0.3 is 0 Å². The Morgan fingerprint density at radius 1 is 1.03 bits per heavy atom. The largest absolute Gasteiger partial charge is 0.497 e. The van der Waals surface area contributed by atoms with Crippen LogP contribution in [0.5, 0.6) is 11.5 Å². The summed E-state index contributed by atoms with van der Waals surface area (Å²) >= 11 is 0. The smallest absolute Gasteiger partial charge is 0.248 e. The van der Waals surface area contributed by atoms with Crippen molar-refractivity contribution in [1.29, 1.82) is 0 Å². The van der Waals surface area contributed by atoms with Gasteiger partial charge in [0.2, 0.25) is 11.8 Å². The van der Waals surface area contributed by atoms with E-state index in [0.717, 1.165) is 0 Å². The zero-order chi connectivity index (χ0) is 28.2. The summed E-state index contributed by atoms with van der Waals surface area (Å²) in [5, 5.41) is 11.3. The van der Waals surface area contributed by atoms with Crippen molar-refractivity contribution in [3.05, 3.63) is 83.7 Å². The van der Waals surface area contributed by atoms with E-state index in [4.69, 9.17) is 9.47 Å². The van der Waals surface area contributed by atoms with E-state index in [1.165, 1.54) is 35.9 Å². The molecule has 0 saturated carbocycles. The van der Waals surface area contributed by atoms with Crippen molar-refractivity contribution >= 4 is 22.8 Å². The van der Waals surface area contributed by atoms with Gasteiger partial charge in [0.05, 0.1) is 19.7 Å². The van der Waals surface area contributed by atoms with Crippen molar-refractivity contribution in [2.24, 2.45) is 0 Å². The van der Waals surface area contributed by atoms with E-state index in [2.05, 4.69) is 15.6 Å². The van der Waals surface area contributed by atoms with Gasteiger partial charge in [0, 0.05) is 17.6 Å². The number of benzene rings is 3. The molecule has 0 aliphatic heterocycles. The molecule has 0 aliphatic rings. The van der Waals surface area contributed by atoms with Crippen LogP contribution in [-0.4, -0.2) is 51.5 Å². The van der Waals surface area contributed by atoms with E-state index in [9.17, 15) is 14.0 Å². The van der Waals surface area contributed by atoms with Crippen LogP contribution < -0.4 is 14.8 Å². The summed E-state index contributed by atoms with van der Waals surface area (Å²) in [7, 11) is 3.02. The molecule has 1 aromatic heterocycles. The molecular formula is C29H32FN5O4. The molecule has 0 fully saturated rings. The van der Waals surface area contributed by atoms with Crippen molar-refractivity contribution in [3.8, 4) is 11.5 Å². The summed E-state index contributed by atoms with van der Waals surface area (Å²) in [6, 6.07) is 17.1. The van der Waals surface area contributed by atoms with Crippen LogP contribution in [-0.2, 0) is 22.7 Å². The van der Waals surface area contributed by atoms with E-state index in [1.807, 2.05) is 39.0 Å². The van der Waals surface area contributed by atoms with Gasteiger partial charge in [-0.25, -0.2) is 9.07 Å². The predicted molar refractivity (Wildman–Crippen MR) is 145 cm³/mol. The van der Waals surface area contributed by atoms with Crippen LogP contribution in [0.25, 0.3) is 11.0 Å². The maximum Gasteiger partial charge on any atom is 0.248 e. The van der Waals surface area contributed by atoms with Crippen molar-refractivity contribution < 1.29 is 23.5 Å². The highest BCUT2D eigenvalue weighted by Gasteiger charge is 2.36. The first-order chi connectivity index (χ1) is 18.6. The lowest BCUT2D eigenvalue weighted by atomic mass is 9.99. The third-order valence-corrected chi connectivity index (χ3v) is 6.08. The van der Waals surface area contributed by atoms with Gasteiger partial charge in [-0.1, -0.05) is 29.5 Å². The highest BCUT2D eigenvalue weighted by atomic mass is 19.1. The number of amides is 2. The molecule has 204 valence electrons. The highest BCUT2D eigenvalue weighted by Crippen LogP contribution is 2.35. The van der Waals surface area contributed by atoms with Gasteiger partial charge in [-0.2, -0.15) is 0 Å². The fourth-order valence-corrected chi connectivity index (χ4v) is 4.30. The summed E-state index contributed by atoms with van der Waals surface area (Å²) in [5.41, 5.74) is 1.82. The standard InChI is InChI=1S/C29H32FN5O4/c1-29(2,3)31-28(37)27(22-16-21(38-4)14-15-25(22)39-5)34(17-19-10-12-20(30)13-11-19)26(36)18-35-24-9-7-6-8-23(24)32-33-35/h6-16,27H,17-18H2,1-5H3,(H,31,37). The first-order valence-corrected chi connectivity index (χ1v) is 12.5. The first-order valence-electron chi connectivity index (χ1n) is 12.5. The number of nitrogens with one attached hydrogen (secondary N) is 1. The van der Waals surface area contributed by atoms with Crippen molar-refractivity contribution in [2.45, 2.75) is 45.4 Å². The van der Waals surface area contributed by atoms with Gasteiger partial charge in [-0.15, -0.1) is 5.10 Å². The minimum absolute atomic E-state index is 0.0222. The second-order valence-electron chi connectivity index (χ2n) is 10.1. The quantitative estimate of drug-likeness (QED) is 0.345. The predicted octanol–water partition coefficient (Wildman–Crippen LogP) is 4.27. The Labute approximate surface area is 226 Å². The topological polar surface area (TPSA) is 98.6 Å². The summed E-state index contributed by atoms with van der Waals surface area (Å²) in [4.78, 5) is 29.5. The summed E-state index contributed by atoms with van der Waals surface area (Å²) in [6.45, 7) is 5.43. The zero-order valence-electron chi connectivity index (χ0n) is 22.6. The SMILES string of the molecule is COc1ccc(OC)c(C(C(=O)NC(C)(C)C)N(Cc2ccc(F)cc2)C(=O)Cn2nnc3ccccc32)c1. The van der Waals surface area contributed by atoms with E-state index in [0.29, 0.717) is 33.7 Å². The zero-order valence-corrected chi connectivity index (χ0v) is 22.6. The molecule has 0 spiro atoms. The van der Waals surface area contributed by atoms with Crippen molar-refractivity contribution in [1.82, 2.24) is 25.2 Å². The van der Waals surface area contributed by atoms with E-state index in [-0.39, 0.29) is 13.1 Å². The number of methoxy groups -OCH3 is 2. The number of carbonyl (C=O) groups excluding carboxylic acids is 2. The average molecular weight is 534 g/mol. The second-order valence-corrected chi connectivity index (χ2v) is 10.1. The van der Waals surface area contributed by atoms with Crippen LogP contribution in [0.1, 0.15) is 37.9 Å². The van der Waals surface area contributed by atoms with Crippen LogP contribution in [0, 0.1) is 5.82 Å². The Hall–Kier alpha value is -4.47. The molecule has 1 atom stereocenters. The minimum Gasteiger partial charge on any atom is -0.497 e. The molecule has 0 bridgehead atoms. The molecule has 39 heavy (non-hydrogen) atoms. The summed E-state index contributed by atoms with van der Waals surface area (Å²) < 4.78 is 26.3. The number of ether oxygens (including phenoxy) is 2. The molecule has 10 heteroatoms. The fourth-order valence-electron chi connectivity index (χ4n) is 4.30. The Kier molecular flexibility index (Phi) is 8.13. The number of aromatic nitrogens is 3. The number of carbonyl (C=O) groups is 2. The number of para-hydroxylation sites is 1. The third-order valence-electron chi connectivity index (χ3n) is 6.08. The van der Waals surface area contributed by atoms with Gasteiger partial charge in [0.15, 0.2) is 0 Å². The molecule has 2 amide bonds. The lowest BCUT2D eigenvalue weighted by molar-refractivity contribution is -0.142. The molecule has 1 N–H and O–H groups in total. The number of halogens is 1. The molecule has 0 aliphatic carbocycles. The monoisotopic (exact) mass is 533 g/mol. The van der Waals surface area contributed by atoms with Crippen LogP contribution in [0.15, 0.2) is 66.7 Å². The Morgan fingerprint density at radius 3 is 2.41 bits per heavy atom. The Morgan fingerprint density at radius 2 is 1.74 bits per heavy atom. The van der Waals surface area contributed by atoms with Gasteiger partial charge in [-0.3, -0.25) is 9.59 Å². The van der Waals surface area contributed by atoms with Gasteiger partial charge in [0.25, 0.3) is 0 Å². The molecule has 0 saturated heterocycles. The fraction of sp³-hybridized carbons (Fsp3) is 0.310. The average Bonchev–Trinajstić information content (AvgIpc) is 3.31. The Balaban J connectivity index is 1.84. The van der Waals surface area contributed by atoms with Crippen molar-refractivity contribution in [3.63, 3.8) is 0 Å². The van der Waals surface area contributed by atoms with Crippen LogP contribution in [0.3, 0.4) is 0 Å². The molecule has 4 aromatic rings. The lowest BCUT2D eigenvalue weighted by Gasteiger charge is -2.34. The number of hydrogen-bond acceptors (Lipinski definition) is 6. The normalized spacial score (nSPS) is 12.2. The lowest BCUT2D eigenvalue weighted by Crippen LogP contribution is -2.49. The molecule has 3 aromatic carbocycles. The number of fused-ring (bicyclic) bond motifs is 1. The molecular weight excluding hydrogens is 501 g/mol. The Bertz CT molecular complexity index is 1460. The molecule has 1 unspecified atom stereocenters. The van der Waals surface area contributed by atoms with Gasteiger partial charge < -0.3 is 19.7 Å². The van der Waals surface area contributed by atoms with Crippen LogP contribution in [0.2, 0.25) is 0 Å². The van der Waals surface area contributed by atoms with Crippen molar-refractivity contribution in [2.75, 3.05) is 14.2 Å². The van der Waals surface area contributed by atoms with Crippen LogP contribution in [0.4, 0.5) is 4.39 Å². The molecule has 9 nitrogen and oxygen atoms in total. The van der Waals surface area contributed by atoms with Gasteiger partial charge in [0.1, 0.15) is 35.4 Å². The van der Waals surface area contributed by atoms with E-state index >= 15 is 0 Å². The number of nitrogens with zero attached hydrogens (tertiary/aromatic N) is 4. The minimum atomic E-state index is -1.11. The third kappa shape index (κ3) is 6.51. The van der Waals surface area contributed by atoms with E-state index < -0.39 is 29.2 Å². The molecule has 0 radical (unpaired) electrons. The van der Waals surface area contributed by atoms with Gasteiger partial charge in [-0.05, 0) is 68.8 Å². The summed E-state index contributed by atoms with van der Waals surface area (Å²) in [5.74, 6) is -0.298. The highest BCUT2D eigenvalue weighted by molar-refractivity contribution is 5.90.